The van der Waals surface area contributed by atoms with E-state index in [9.17, 15) is 0 Å². The molecule has 0 atom stereocenters. The highest BCUT2D eigenvalue weighted by Crippen LogP contribution is 2.03. The number of hydrazone groups is 1. The summed E-state index contributed by atoms with van der Waals surface area (Å²) in [4.78, 5) is 14.9. The third-order valence-electron chi connectivity index (χ3n) is 1.54. The van der Waals surface area contributed by atoms with E-state index in [-0.39, 0.29) is 5.11 Å². The maximum absolute atomic E-state index is 5.19. The van der Waals surface area contributed by atoms with Crippen LogP contribution in [0.25, 0.3) is 11.2 Å². The molecule has 4 N–H and O–H groups in total. The van der Waals surface area contributed by atoms with Crippen LogP contribution in [0, 0.1) is 0 Å². The number of aromatic amines is 1. The monoisotopic (exact) mass is 221 g/mol. The number of aromatic nitrogens is 4. The van der Waals surface area contributed by atoms with Gasteiger partial charge in [0.2, 0.25) is 0 Å². The van der Waals surface area contributed by atoms with Crippen molar-refractivity contribution < 1.29 is 0 Å². The number of rotatable bonds is 2. The number of fused-ring (bicyclic) bond motifs is 1. The molecule has 8 heteroatoms. The maximum Gasteiger partial charge on any atom is 0.184 e. The van der Waals surface area contributed by atoms with Crippen molar-refractivity contribution in [2.45, 2.75) is 0 Å². The Kier molecular flexibility index (Phi) is 2.50. The molecule has 15 heavy (non-hydrogen) atoms. The maximum atomic E-state index is 5.19. The van der Waals surface area contributed by atoms with Gasteiger partial charge in [-0.2, -0.15) is 5.10 Å². The lowest BCUT2D eigenvalue weighted by atomic mass is 10.6. The summed E-state index contributed by atoms with van der Waals surface area (Å²) in [6, 6.07) is 0. The molecule has 0 radical (unpaired) electrons. The van der Waals surface area contributed by atoms with Gasteiger partial charge in [0.05, 0.1) is 12.4 Å². The quantitative estimate of drug-likeness (QED) is 0.359. The predicted molar refractivity (Wildman–Crippen MR) is 59.2 cm³/mol. The first-order valence-corrected chi connectivity index (χ1v) is 4.41. The lowest BCUT2D eigenvalue weighted by molar-refractivity contribution is 1.04. The Labute approximate surface area is 89.8 Å². The van der Waals surface area contributed by atoms with Crippen LogP contribution in [0.5, 0.6) is 0 Å². The highest BCUT2D eigenvalue weighted by Gasteiger charge is 1.99. The summed E-state index contributed by atoms with van der Waals surface area (Å²) >= 11 is 4.58. The minimum Gasteiger partial charge on any atom is -0.375 e. The first kappa shape index (κ1) is 9.46. The first-order chi connectivity index (χ1) is 7.25. The Hall–Kier alpha value is -2.09. The van der Waals surface area contributed by atoms with Gasteiger partial charge < -0.3 is 10.7 Å². The van der Waals surface area contributed by atoms with Gasteiger partial charge in [0.25, 0.3) is 0 Å². The van der Waals surface area contributed by atoms with Gasteiger partial charge >= 0.3 is 0 Å². The summed E-state index contributed by atoms with van der Waals surface area (Å²) in [7, 11) is 0. The fourth-order valence-electron chi connectivity index (χ4n) is 0.999. The molecule has 0 unspecified atom stereocenters. The topological polar surface area (TPSA) is 105 Å². The molecule has 0 bridgehead atoms. The molecule has 0 aromatic carbocycles. The summed E-state index contributed by atoms with van der Waals surface area (Å²) in [5.41, 5.74) is 8.94. The lowest BCUT2D eigenvalue weighted by Gasteiger charge is -1.90. The average Bonchev–Trinajstić information content (AvgIpc) is 2.59. The lowest BCUT2D eigenvalue weighted by Crippen LogP contribution is -2.24. The fraction of sp³-hybridized carbons (Fsp3) is 0. The molecule has 0 spiro atoms. The van der Waals surface area contributed by atoms with Crippen molar-refractivity contribution in [3.63, 3.8) is 0 Å². The Balaban J connectivity index is 2.22. The van der Waals surface area contributed by atoms with Crippen LogP contribution in [0.3, 0.4) is 0 Å². The summed E-state index contributed by atoms with van der Waals surface area (Å²) in [5.74, 6) is 0.550. The van der Waals surface area contributed by atoms with Gasteiger partial charge in [-0.25, -0.2) is 15.0 Å². The first-order valence-electron chi connectivity index (χ1n) is 4.00. The van der Waals surface area contributed by atoms with E-state index in [0.29, 0.717) is 11.5 Å². The molecule has 2 aromatic rings. The van der Waals surface area contributed by atoms with Crippen LogP contribution in [-0.2, 0) is 0 Å². The van der Waals surface area contributed by atoms with Gasteiger partial charge in [-0.05, 0) is 12.2 Å². The normalized spacial score (nSPS) is 10.9. The molecule has 0 aliphatic carbocycles. The highest BCUT2D eigenvalue weighted by molar-refractivity contribution is 7.80. The molecule has 0 saturated heterocycles. The van der Waals surface area contributed by atoms with E-state index in [4.69, 9.17) is 5.73 Å². The molecule has 0 fully saturated rings. The third kappa shape index (κ3) is 2.23. The van der Waals surface area contributed by atoms with Crippen LogP contribution in [0.4, 0.5) is 0 Å². The molecule has 2 aromatic heterocycles. The molecule has 0 saturated carbocycles. The van der Waals surface area contributed by atoms with Crippen LogP contribution in [0.2, 0.25) is 0 Å². The molecule has 7 nitrogen and oxygen atoms in total. The molecule has 0 aliphatic rings. The van der Waals surface area contributed by atoms with E-state index in [0.717, 1.165) is 5.52 Å². The number of nitrogens with two attached hydrogens (primary N) is 1. The molecule has 0 amide bonds. The Morgan fingerprint density at radius 3 is 3.27 bits per heavy atom. The fourth-order valence-corrected chi connectivity index (χ4v) is 1.05. The second kappa shape index (κ2) is 3.96. The Morgan fingerprint density at radius 1 is 1.67 bits per heavy atom. The molecule has 2 rings (SSSR count). The average molecular weight is 221 g/mol. The van der Waals surface area contributed by atoms with Crippen molar-refractivity contribution in [2.75, 3.05) is 0 Å². The van der Waals surface area contributed by atoms with E-state index >= 15 is 0 Å². The molecular formula is C7H7N7S. The summed E-state index contributed by atoms with van der Waals surface area (Å²) in [6.07, 6.45) is 4.52. The molecule has 76 valence electrons. The smallest absolute Gasteiger partial charge is 0.184 e. The van der Waals surface area contributed by atoms with Crippen LogP contribution in [-0.4, -0.2) is 31.3 Å². The zero-order valence-electron chi connectivity index (χ0n) is 7.51. The summed E-state index contributed by atoms with van der Waals surface area (Å²) in [6.45, 7) is 0. The predicted octanol–water partition coefficient (Wildman–Crippen LogP) is -0.480. The van der Waals surface area contributed by atoms with Gasteiger partial charge in [0.15, 0.2) is 16.6 Å². The molecule has 0 aliphatic heterocycles. The van der Waals surface area contributed by atoms with E-state index in [1.165, 1.54) is 12.5 Å². The molecular weight excluding hydrogens is 214 g/mol. The van der Waals surface area contributed by atoms with Crippen LogP contribution < -0.4 is 11.2 Å². The highest BCUT2D eigenvalue weighted by atomic mass is 32.1. The van der Waals surface area contributed by atoms with Crippen molar-refractivity contribution in [1.29, 1.82) is 0 Å². The zero-order chi connectivity index (χ0) is 10.7. The minimum absolute atomic E-state index is 0.0992. The van der Waals surface area contributed by atoms with E-state index in [2.05, 4.69) is 42.7 Å². The summed E-state index contributed by atoms with van der Waals surface area (Å²) < 4.78 is 0. The SMILES string of the molecule is NC(=S)NN=Cc1nc2ncncc2[nH]1. The number of H-pyrrole nitrogens is 1. The van der Waals surface area contributed by atoms with E-state index < -0.39 is 0 Å². The summed E-state index contributed by atoms with van der Waals surface area (Å²) in [5, 5.41) is 3.85. The van der Waals surface area contributed by atoms with Gasteiger partial charge in [-0.15, -0.1) is 0 Å². The largest absolute Gasteiger partial charge is 0.375 e. The Bertz CT molecular complexity index is 484. The second-order valence-electron chi connectivity index (χ2n) is 2.62. The number of hydrogen-bond acceptors (Lipinski definition) is 5. The minimum atomic E-state index is 0.0992. The van der Waals surface area contributed by atoms with Gasteiger partial charge in [-0.1, -0.05) is 0 Å². The van der Waals surface area contributed by atoms with E-state index in [1.807, 2.05) is 0 Å². The van der Waals surface area contributed by atoms with Crippen molar-refractivity contribution in [3.8, 4) is 0 Å². The van der Waals surface area contributed by atoms with Gasteiger partial charge in [0.1, 0.15) is 11.8 Å². The van der Waals surface area contributed by atoms with Crippen molar-refractivity contribution in [3.05, 3.63) is 18.3 Å². The van der Waals surface area contributed by atoms with Crippen molar-refractivity contribution in [2.24, 2.45) is 10.8 Å². The number of nitrogens with one attached hydrogen (secondary N) is 2. The number of imidazole rings is 1. The van der Waals surface area contributed by atoms with E-state index in [1.54, 1.807) is 6.20 Å². The van der Waals surface area contributed by atoms with Crippen LogP contribution >= 0.6 is 12.2 Å². The molecule has 2 heterocycles. The number of hydrogen-bond donors (Lipinski definition) is 3. The zero-order valence-corrected chi connectivity index (χ0v) is 8.32. The standard InChI is InChI=1S/C7H7N7S/c8-7(15)14-11-2-5-12-4-1-9-3-10-6(4)13-5/h1-3H,(H3,8,14,15)(H,9,10,12,13). The van der Waals surface area contributed by atoms with Crippen LogP contribution in [0.15, 0.2) is 17.6 Å². The van der Waals surface area contributed by atoms with Gasteiger partial charge in [0, 0.05) is 0 Å². The van der Waals surface area contributed by atoms with Gasteiger partial charge in [-0.3, -0.25) is 5.43 Å². The second-order valence-corrected chi connectivity index (χ2v) is 3.06. The van der Waals surface area contributed by atoms with Crippen LogP contribution in [0.1, 0.15) is 5.82 Å². The number of thiocarbonyl (C=S) groups is 1. The van der Waals surface area contributed by atoms with Crippen molar-refractivity contribution >= 4 is 34.7 Å². The number of nitrogens with zero attached hydrogens (tertiary/aromatic N) is 4. The Morgan fingerprint density at radius 2 is 2.53 bits per heavy atom. The van der Waals surface area contributed by atoms with Crippen molar-refractivity contribution in [1.82, 2.24) is 25.4 Å². The third-order valence-corrected chi connectivity index (χ3v) is 1.63.